The molecular weight excluding hydrogens is 448 g/mol. The van der Waals surface area contributed by atoms with Gasteiger partial charge in [0.05, 0.1) is 23.0 Å². The first kappa shape index (κ1) is 21.9. The lowest BCUT2D eigenvalue weighted by atomic mass is 10.1. The van der Waals surface area contributed by atoms with Gasteiger partial charge in [-0.15, -0.1) is 0 Å². The number of sulfone groups is 1. The van der Waals surface area contributed by atoms with Crippen molar-refractivity contribution < 1.29 is 13.2 Å². The summed E-state index contributed by atoms with van der Waals surface area (Å²) in [5.41, 5.74) is 9.78. The van der Waals surface area contributed by atoms with E-state index in [1.807, 2.05) is 42.5 Å². The van der Waals surface area contributed by atoms with Crippen molar-refractivity contribution in [2.24, 2.45) is 0 Å². The highest BCUT2D eigenvalue weighted by atomic mass is 32.2. The third kappa shape index (κ3) is 3.86. The molecule has 2 heterocycles. The van der Waals surface area contributed by atoms with E-state index in [-0.39, 0.29) is 21.1 Å². The number of nitrogens with two attached hydrogens (primary N) is 1. The number of benzene rings is 3. The molecule has 172 valence electrons. The Labute approximate surface area is 197 Å². The van der Waals surface area contributed by atoms with Crippen molar-refractivity contribution >= 4 is 37.9 Å². The number of rotatable bonds is 7. The summed E-state index contributed by atoms with van der Waals surface area (Å²) in [6.07, 6.45) is 1.61. The summed E-state index contributed by atoms with van der Waals surface area (Å²) in [7, 11) is -2.42. The van der Waals surface area contributed by atoms with Crippen molar-refractivity contribution in [1.29, 1.82) is 0 Å². The number of fused-ring (bicyclic) bond motifs is 2. The topological polar surface area (TPSA) is 100 Å². The van der Waals surface area contributed by atoms with Crippen LogP contribution in [0.2, 0.25) is 0 Å². The fourth-order valence-electron chi connectivity index (χ4n) is 4.14. The van der Waals surface area contributed by atoms with Crippen LogP contribution < -0.4 is 10.5 Å². The van der Waals surface area contributed by atoms with Crippen LogP contribution in [-0.2, 0) is 22.8 Å². The quantitative estimate of drug-likeness (QED) is 0.370. The number of hydrogen-bond donors (Lipinski definition) is 1. The molecule has 0 bridgehead atoms. The number of hydrogen-bond acceptors (Lipinski definition) is 6. The summed E-state index contributed by atoms with van der Waals surface area (Å²) in [6.45, 7) is 0.516. The largest absolute Gasteiger partial charge is 0.497 e. The standard InChI is InChI=1S/C26H24N4O3S/c1-33-19-13-15-20(16-14-19)34(31,32)24-23-26(29-22-12-6-5-11-21(22)28-23)30(25(24)27)17-7-10-18-8-3-2-4-9-18/h2-6,8-9,11-16H,7,10,17,27H2,1H3. The highest BCUT2D eigenvalue weighted by Crippen LogP contribution is 2.36. The van der Waals surface area contributed by atoms with Crippen LogP contribution in [-0.4, -0.2) is 30.1 Å². The van der Waals surface area contributed by atoms with Gasteiger partial charge in [0.2, 0.25) is 9.84 Å². The lowest BCUT2D eigenvalue weighted by Crippen LogP contribution is -2.09. The average Bonchev–Trinajstić information content (AvgIpc) is 3.14. The minimum absolute atomic E-state index is 0.00867. The molecule has 0 saturated heterocycles. The average molecular weight is 473 g/mol. The third-order valence-corrected chi connectivity index (χ3v) is 7.71. The second-order valence-corrected chi connectivity index (χ2v) is 9.91. The molecule has 0 amide bonds. The molecular formula is C26H24N4O3S. The highest BCUT2D eigenvalue weighted by Gasteiger charge is 2.30. The molecule has 34 heavy (non-hydrogen) atoms. The molecule has 0 spiro atoms. The molecule has 5 rings (SSSR count). The molecule has 0 unspecified atom stereocenters. The summed E-state index contributed by atoms with van der Waals surface area (Å²) in [4.78, 5) is 9.55. The number of nitrogen functional groups attached to an aromatic ring is 1. The molecule has 0 aliphatic carbocycles. The summed E-state index contributed by atoms with van der Waals surface area (Å²) >= 11 is 0. The Morgan fingerprint density at radius 1 is 0.882 bits per heavy atom. The summed E-state index contributed by atoms with van der Waals surface area (Å²) in [5, 5.41) is 0. The van der Waals surface area contributed by atoms with Crippen LogP contribution in [0.1, 0.15) is 12.0 Å². The van der Waals surface area contributed by atoms with Gasteiger partial charge in [0.15, 0.2) is 5.65 Å². The van der Waals surface area contributed by atoms with Crippen molar-refractivity contribution in [1.82, 2.24) is 14.5 Å². The molecule has 0 fully saturated rings. The minimum atomic E-state index is -3.95. The molecule has 3 aromatic carbocycles. The van der Waals surface area contributed by atoms with Gasteiger partial charge in [0.1, 0.15) is 22.0 Å². The zero-order chi connectivity index (χ0) is 23.7. The van der Waals surface area contributed by atoms with E-state index in [9.17, 15) is 8.42 Å². The van der Waals surface area contributed by atoms with Crippen LogP contribution in [0, 0.1) is 0 Å². The van der Waals surface area contributed by atoms with Gasteiger partial charge in [-0.2, -0.15) is 0 Å². The Kier molecular flexibility index (Phi) is 5.67. The fraction of sp³-hybridized carbons (Fsp3) is 0.154. The molecule has 2 N–H and O–H groups in total. The van der Waals surface area contributed by atoms with Gasteiger partial charge in [-0.1, -0.05) is 42.5 Å². The zero-order valence-electron chi connectivity index (χ0n) is 18.7. The van der Waals surface area contributed by atoms with Gasteiger partial charge in [-0.05, 0) is 54.8 Å². The zero-order valence-corrected chi connectivity index (χ0v) is 19.5. The molecule has 0 aliphatic rings. The van der Waals surface area contributed by atoms with Crippen LogP contribution in [0.3, 0.4) is 0 Å². The Morgan fingerprint density at radius 3 is 2.21 bits per heavy atom. The molecule has 0 radical (unpaired) electrons. The first-order chi connectivity index (χ1) is 16.5. The van der Waals surface area contributed by atoms with Crippen LogP contribution in [0.25, 0.3) is 22.2 Å². The Morgan fingerprint density at radius 2 is 1.53 bits per heavy atom. The molecule has 8 heteroatoms. The number of aryl methyl sites for hydroxylation is 2. The number of para-hydroxylation sites is 2. The highest BCUT2D eigenvalue weighted by molar-refractivity contribution is 7.92. The predicted molar refractivity (Wildman–Crippen MR) is 133 cm³/mol. The monoisotopic (exact) mass is 472 g/mol. The maximum atomic E-state index is 13.7. The lowest BCUT2D eigenvalue weighted by molar-refractivity contribution is 0.414. The maximum Gasteiger partial charge on any atom is 0.212 e. The van der Waals surface area contributed by atoms with Gasteiger partial charge in [0, 0.05) is 6.54 Å². The minimum Gasteiger partial charge on any atom is -0.497 e. The summed E-state index contributed by atoms with van der Waals surface area (Å²) < 4.78 is 34.4. The van der Waals surface area contributed by atoms with Gasteiger partial charge in [-0.3, -0.25) is 0 Å². The summed E-state index contributed by atoms with van der Waals surface area (Å²) in [6, 6.07) is 23.8. The van der Waals surface area contributed by atoms with Crippen LogP contribution in [0.15, 0.2) is 88.7 Å². The molecule has 5 aromatic rings. The second kappa shape index (κ2) is 8.79. The van der Waals surface area contributed by atoms with Crippen molar-refractivity contribution in [2.75, 3.05) is 12.8 Å². The molecule has 0 aliphatic heterocycles. The van der Waals surface area contributed by atoms with Crippen molar-refractivity contribution in [3.8, 4) is 5.75 Å². The van der Waals surface area contributed by atoms with Gasteiger partial charge in [0.25, 0.3) is 0 Å². The van der Waals surface area contributed by atoms with Crippen molar-refractivity contribution in [3.05, 3.63) is 84.4 Å². The number of aromatic nitrogens is 3. The number of methoxy groups -OCH3 is 1. The SMILES string of the molecule is COc1ccc(S(=O)(=O)c2c(N)n(CCCc3ccccc3)c3nc4ccccc4nc23)cc1. The normalized spacial score (nSPS) is 11.8. The Hall–Kier alpha value is -3.91. The molecule has 0 saturated carbocycles. The number of anilines is 1. The van der Waals surface area contributed by atoms with E-state index in [1.54, 1.807) is 16.7 Å². The van der Waals surface area contributed by atoms with Gasteiger partial charge < -0.3 is 15.0 Å². The van der Waals surface area contributed by atoms with Gasteiger partial charge >= 0.3 is 0 Å². The number of ether oxygens (including phenoxy) is 1. The maximum absolute atomic E-state index is 13.7. The van der Waals surface area contributed by atoms with Crippen LogP contribution in [0.4, 0.5) is 5.82 Å². The Bertz CT molecular complexity index is 1580. The number of nitrogens with zero attached hydrogens (tertiary/aromatic N) is 3. The van der Waals surface area contributed by atoms with Gasteiger partial charge in [-0.25, -0.2) is 18.4 Å². The molecule has 0 atom stereocenters. The van der Waals surface area contributed by atoms with Crippen molar-refractivity contribution in [3.63, 3.8) is 0 Å². The first-order valence-corrected chi connectivity index (χ1v) is 12.4. The van der Waals surface area contributed by atoms with E-state index in [0.29, 0.717) is 29.0 Å². The molecule has 2 aromatic heterocycles. The van der Waals surface area contributed by atoms with Crippen molar-refractivity contribution in [2.45, 2.75) is 29.2 Å². The van der Waals surface area contributed by atoms with Crippen LogP contribution >= 0.6 is 0 Å². The van der Waals surface area contributed by atoms with E-state index in [0.717, 1.165) is 12.8 Å². The van der Waals surface area contributed by atoms with E-state index in [2.05, 4.69) is 17.1 Å². The fourth-order valence-corrected chi connectivity index (χ4v) is 5.65. The first-order valence-electron chi connectivity index (χ1n) is 11.0. The van der Waals surface area contributed by atoms with E-state index in [1.165, 1.54) is 24.8 Å². The van der Waals surface area contributed by atoms with E-state index < -0.39 is 9.84 Å². The lowest BCUT2D eigenvalue weighted by Gasteiger charge is -2.09. The summed E-state index contributed by atoms with van der Waals surface area (Å²) in [5.74, 6) is 0.718. The van der Waals surface area contributed by atoms with E-state index in [4.69, 9.17) is 15.5 Å². The smallest absolute Gasteiger partial charge is 0.212 e. The third-order valence-electron chi connectivity index (χ3n) is 5.87. The Balaban J connectivity index is 1.64. The molecule has 7 nitrogen and oxygen atoms in total. The van der Waals surface area contributed by atoms with Crippen LogP contribution in [0.5, 0.6) is 5.75 Å². The predicted octanol–water partition coefficient (Wildman–Crippen LogP) is 4.64. The second-order valence-electron chi connectivity index (χ2n) is 8.02. The van der Waals surface area contributed by atoms with E-state index >= 15 is 0 Å².